The number of rotatable bonds is 5. The summed E-state index contributed by atoms with van der Waals surface area (Å²) in [4.78, 5) is 11.9. The van der Waals surface area contributed by atoms with E-state index in [0.717, 1.165) is 22.8 Å². The summed E-state index contributed by atoms with van der Waals surface area (Å²) in [6, 6.07) is 5.14. The monoisotopic (exact) mass is 283 g/mol. The summed E-state index contributed by atoms with van der Waals surface area (Å²) >= 11 is 1.48. The fourth-order valence-electron chi connectivity index (χ4n) is 1.69. The zero-order valence-electron chi connectivity index (χ0n) is 10.7. The molecule has 0 fully saturated rings. The molecule has 0 aromatic heterocycles. The van der Waals surface area contributed by atoms with E-state index in [1.807, 2.05) is 18.2 Å². The molecule has 0 aliphatic carbocycles. The van der Waals surface area contributed by atoms with Gasteiger partial charge < -0.3 is 19.9 Å². The zero-order valence-corrected chi connectivity index (χ0v) is 11.5. The number of carbonyl (C=O) groups is 1. The van der Waals surface area contributed by atoms with Gasteiger partial charge in [-0.2, -0.15) is 0 Å². The first-order valence-electron chi connectivity index (χ1n) is 6.13. The quantitative estimate of drug-likeness (QED) is 0.800. The lowest BCUT2D eigenvalue weighted by atomic mass is 10.3. The van der Waals surface area contributed by atoms with Crippen molar-refractivity contribution in [1.29, 1.82) is 0 Å². The van der Waals surface area contributed by atoms with Crippen molar-refractivity contribution in [2.24, 2.45) is 0 Å². The summed E-state index contributed by atoms with van der Waals surface area (Å²) in [5, 5.41) is 11.7. The van der Waals surface area contributed by atoms with Crippen molar-refractivity contribution in [3.05, 3.63) is 18.2 Å². The van der Waals surface area contributed by atoms with Crippen molar-refractivity contribution < 1.29 is 19.4 Å². The minimum atomic E-state index is -0.843. The highest BCUT2D eigenvalue weighted by atomic mass is 32.2. The topological polar surface area (TPSA) is 67.8 Å². The third-order valence-electron chi connectivity index (χ3n) is 2.78. The molecule has 104 valence electrons. The number of hydrogen-bond acceptors (Lipinski definition) is 5. The maximum absolute atomic E-state index is 10.9. The van der Waals surface area contributed by atoms with Crippen LogP contribution in [0.2, 0.25) is 0 Å². The first kappa shape index (κ1) is 14.0. The van der Waals surface area contributed by atoms with Crippen LogP contribution in [0.15, 0.2) is 23.1 Å². The first-order chi connectivity index (χ1) is 9.20. The van der Waals surface area contributed by atoms with Gasteiger partial charge in [-0.15, -0.1) is 11.8 Å². The summed E-state index contributed by atoms with van der Waals surface area (Å²) in [7, 11) is 1.65. The Morgan fingerprint density at radius 2 is 2.16 bits per heavy atom. The largest absolute Gasteiger partial charge is 0.490 e. The van der Waals surface area contributed by atoms with Crippen LogP contribution in [0.4, 0.5) is 0 Å². The van der Waals surface area contributed by atoms with E-state index >= 15 is 0 Å². The summed E-state index contributed by atoms with van der Waals surface area (Å²) in [6.45, 7) is 1.32. The second kappa shape index (κ2) is 6.68. The summed E-state index contributed by atoms with van der Waals surface area (Å²) < 4.78 is 11.1. The molecule has 2 N–H and O–H groups in total. The van der Waals surface area contributed by atoms with Gasteiger partial charge in [-0.1, -0.05) is 0 Å². The van der Waals surface area contributed by atoms with Gasteiger partial charge in [0.05, 0.1) is 13.2 Å². The van der Waals surface area contributed by atoms with E-state index < -0.39 is 12.0 Å². The molecule has 0 radical (unpaired) electrons. The highest BCUT2D eigenvalue weighted by Gasteiger charge is 2.16. The second-order valence-electron chi connectivity index (χ2n) is 4.15. The molecule has 1 heterocycles. The van der Waals surface area contributed by atoms with Crippen LogP contribution in [-0.4, -0.2) is 43.1 Å². The Morgan fingerprint density at radius 3 is 2.84 bits per heavy atom. The molecule has 0 amide bonds. The van der Waals surface area contributed by atoms with Crippen LogP contribution in [0.25, 0.3) is 0 Å². The summed E-state index contributed by atoms with van der Waals surface area (Å²) in [6.07, 6.45) is 0.873. The molecule has 0 saturated heterocycles. The molecular weight excluding hydrogens is 266 g/mol. The highest BCUT2D eigenvalue weighted by molar-refractivity contribution is 7.99. The van der Waals surface area contributed by atoms with Crippen molar-refractivity contribution >= 4 is 17.7 Å². The Labute approximate surface area is 116 Å². The van der Waals surface area contributed by atoms with Crippen LogP contribution in [0.3, 0.4) is 0 Å². The second-order valence-corrected chi connectivity index (χ2v) is 5.24. The van der Waals surface area contributed by atoms with Crippen molar-refractivity contribution in [1.82, 2.24) is 5.32 Å². The number of nitrogens with one attached hydrogen (secondary N) is 1. The van der Waals surface area contributed by atoms with E-state index in [-0.39, 0.29) is 0 Å². The van der Waals surface area contributed by atoms with Crippen LogP contribution < -0.4 is 14.8 Å². The molecule has 6 heteroatoms. The maximum atomic E-state index is 10.9. The van der Waals surface area contributed by atoms with Gasteiger partial charge in [0.15, 0.2) is 11.5 Å². The van der Waals surface area contributed by atoms with Crippen LogP contribution >= 0.6 is 11.8 Å². The summed E-state index contributed by atoms with van der Waals surface area (Å²) in [5.74, 6) is 1.11. The molecule has 5 nitrogen and oxygen atoms in total. The van der Waals surface area contributed by atoms with E-state index in [9.17, 15) is 4.79 Å². The maximum Gasteiger partial charge on any atom is 0.321 e. The number of benzene rings is 1. The van der Waals surface area contributed by atoms with Gasteiger partial charge in [0.1, 0.15) is 6.04 Å². The van der Waals surface area contributed by atoms with Gasteiger partial charge >= 0.3 is 5.97 Å². The molecular formula is C13H17NO4S. The van der Waals surface area contributed by atoms with Crippen molar-refractivity contribution in [3.8, 4) is 11.5 Å². The van der Waals surface area contributed by atoms with Crippen LogP contribution in [0.1, 0.15) is 6.42 Å². The van der Waals surface area contributed by atoms with Crippen molar-refractivity contribution in [3.63, 3.8) is 0 Å². The number of carboxylic acid groups (broad SMARTS) is 1. The van der Waals surface area contributed by atoms with Gasteiger partial charge in [-0.3, -0.25) is 4.79 Å². The van der Waals surface area contributed by atoms with E-state index in [2.05, 4.69) is 5.32 Å². The van der Waals surface area contributed by atoms with Crippen molar-refractivity contribution in [2.75, 3.05) is 26.0 Å². The third-order valence-corrected chi connectivity index (χ3v) is 3.87. The smallest absolute Gasteiger partial charge is 0.321 e. The van der Waals surface area contributed by atoms with Crippen LogP contribution in [-0.2, 0) is 4.79 Å². The molecule has 1 aromatic carbocycles. The SMILES string of the molecule is CNC(CSc1ccc2c(c1)OCCCO2)C(=O)O. The fraction of sp³-hybridized carbons (Fsp3) is 0.462. The lowest BCUT2D eigenvalue weighted by Crippen LogP contribution is -2.35. The number of carboxylic acids is 1. The molecule has 2 rings (SSSR count). The number of hydrogen-bond donors (Lipinski definition) is 2. The van der Waals surface area contributed by atoms with E-state index in [0.29, 0.717) is 19.0 Å². The number of fused-ring (bicyclic) bond motifs is 1. The van der Waals surface area contributed by atoms with Gasteiger partial charge in [0.2, 0.25) is 0 Å². The Kier molecular flexibility index (Phi) is 4.93. The minimum absolute atomic E-state index is 0.464. The van der Waals surface area contributed by atoms with E-state index in [1.54, 1.807) is 7.05 Å². The fourth-order valence-corrected chi connectivity index (χ4v) is 2.71. The molecule has 1 aromatic rings. The molecule has 1 unspecified atom stereocenters. The van der Waals surface area contributed by atoms with Gasteiger partial charge in [-0.25, -0.2) is 0 Å². The normalized spacial score (nSPS) is 15.6. The first-order valence-corrected chi connectivity index (χ1v) is 7.12. The molecule has 0 bridgehead atoms. The van der Waals surface area contributed by atoms with Crippen molar-refractivity contribution in [2.45, 2.75) is 17.4 Å². The molecule has 1 aliphatic rings. The van der Waals surface area contributed by atoms with Gasteiger partial charge in [0, 0.05) is 17.1 Å². The molecule has 1 atom stereocenters. The lowest BCUT2D eigenvalue weighted by Gasteiger charge is -2.12. The number of ether oxygens (including phenoxy) is 2. The standard InChI is InChI=1S/C13H17NO4S/c1-14-10(13(15)16)8-19-9-3-4-11-12(7-9)18-6-2-5-17-11/h3-4,7,10,14H,2,5-6,8H2,1H3,(H,15,16). The molecule has 1 aliphatic heterocycles. The van der Waals surface area contributed by atoms with E-state index in [4.69, 9.17) is 14.6 Å². The average molecular weight is 283 g/mol. The third kappa shape index (κ3) is 3.78. The summed E-state index contributed by atoms with van der Waals surface area (Å²) in [5.41, 5.74) is 0. The highest BCUT2D eigenvalue weighted by Crippen LogP contribution is 2.33. The average Bonchev–Trinajstić information content (AvgIpc) is 2.63. The number of likely N-dealkylation sites (N-methyl/N-ethyl adjacent to an activating group) is 1. The molecule has 0 spiro atoms. The molecule has 19 heavy (non-hydrogen) atoms. The Hall–Kier alpha value is -1.40. The predicted molar refractivity (Wildman–Crippen MR) is 73.3 cm³/mol. The van der Waals surface area contributed by atoms with Gasteiger partial charge in [-0.05, 0) is 25.2 Å². The van der Waals surface area contributed by atoms with Crippen LogP contribution in [0, 0.1) is 0 Å². The minimum Gasteiger partial charge on any atom is -0.490 e. The molecule has 0 saturated carbocycles. The lowest BCUT2D eigenvalue weighted by molar-refractivity contribution is -0.138. The Bertz CT molecular complexity index is 452. The zero-order chi connectivity index (χ0) is 13.7. The Morgan fingerprint density at radius 1 is 1.42 bits per heavy atom. The number of thioether (sulfide) groups is 1. The number of aliphatic carboxylic acids is 1. The van der Waals surface area contributed by atoms with Crippen LogP contribution in [0.5, 0.6) is 11.5 Å². The van der Waals surface area contributed by atoms with E-state index in [1.165, 1.54) is 11.8 Å². The Balaban J connectivity index is 2.01. The predicted octanol–water partition coefficient (Wildman–Crippen LogP) is 1.61. The van der Waals surface area contributed by atoms with Gasteiger partial charge in [0.25, 0.3) is 0 Å².